The topological polar surface area (TPSA) is 95.7 Å². The van der Waals surface area contributed by atoms with Gasteiger partial charge in [0.05, 0.1) is 5.54 Å². The predicted molar refractivity (Wildman–Crippen MR) is 142 cm³/mol. The molecule has 1 unspecified atom stereocenters. The summed E-state index contributed by atoms with van der Waals surface area (Å²) < 4.78 is 0. The Morgan fingerprint density at radius 1 is 0.944 bits per heavy atom. The molecule has 4 aliphatic carbocycles. The molecule has 204 valence electrons. The van der Waals surface area contributed by atoms with Crippen LogP contribution in [0.1, 0.15) is 116 Å². The summed E-state index contributed by atoms with van der Waals surface area (Å²) in [6.07, 6.45) is 18.3. The van der Waals surface area contributed by atoms with Crippen LogP contribution in [0.15, 0.2) is 0 Å². The van der Waals surface area contributed by atoms with Gasteiger partial charge in [-0.25, -0.2) is 4.79 Å². The summed E-state index contributed by atoms with van der Waals surface area (Å²) in [6, 6.07) is -0.242. The highest BCUT2D eigenvalue weighted by Gasteiger charge is 2.58. The quantitative estimate of drug-likeness (QED) is 0.230. The van der Waals surface area contributed by atoms with Gasteiger partial charge in [0.2, 0.25) is 5.91 Å². The van der Waals surface area contributed by atoms with E-state index < -0.39 is 0 Å². The van der Waals surface area contributed by atoms with Crippen molar-refractivity contribution in [1.29, 1.82) is 0 Å². The summed E-state index contributed by atoms with van der Waals surface area (Å²) in [5.41, 5.74) is 5.46. The first kappa shape index (κ1) is 27.4. The minimum Gasteiger partial charge on any atom is -0.352 e. The first-order chi connectivity index (χ1) is 17.4. The van der Waals surface area contributed by atoms with E-state index in [1.165, 1.54) is 51.4 Å². The van der Waals surface area contributed by atoms with Crippen LogP contribution in [0.2, 0.25) is 0 Å². The monoisotopic (exact) mass is 502 g/mol. The lowest BCUT2D eigenvalue weighted by atomic mass is 9.52. The van der Waals surface area contributed by atoms with E-state index in [1.54, 1.807) is 9.80 Å². The lowest BCUT2D eigenvalue weighted by Gasteiger charge is -2.58. The number of nitrogens with two attached hydrogens (primary N) is 1. The first-order valence-corrected chi connectivity index (χ1v) is 15.1. The van der Waals surface area contributed by atoms with Crippen molar-refractivity contribution >= 4 is 17.8 Å². The summed E-state index contributed by atoms with van der Waals surface area (Å²) in [5.74, 6) is 2.08. The molecule has 4 bridgehead atoms. The molecule has 5 fully saturated rings. The summed E-state index contributed by atoms with van der Waals surface area (Å²) in [5, 5.41) is 3.20. The standard InChI is InChI=1S/C29H50N4O3/c1-2-3-4-5-6-7-8-12-26(34)31-25(11-9-10-13-30)20-32-21-27(35)33(28(32)36)29-17-22-14-23(18-29)16-24(15-22)19-29/h22-25H,2-21,30H2,1H3,(H,31,34). The van der Waals surface area contributed by atoms with Crippen molar-refractivity contribution in [1.82, 2.24) is 15.1 Å². The highest BCUT2D eigenvalue weighted by molar-refractivity contribution is 6.03. The SMILES string of the molecule is CCCCCCCCCC(=O)NC(CCCCN)CN1CC(=O)N(C23CC4CC(CC(C4)C2)C3)C1=O. The number of carbonyl (C=O) groups is 3. The molecule has 0 aromatic heterocycles. The molecular formula is C29H50N4O3. The third kappa shape index (κ3) is 6.62. The van der Waals surface area contributed by atoms with Crippen LogP contribution in [0.4, 0.5) is 4.79 Å². The molecule has 1 atom stereocenters. The molecule has 4 saturated carbocycles. The minimum absolute atomic E-state index is 0.0305. The molecule has 4 amide bonds. The van der Waals surface area contributed by atoms with Gasteiger partial charge >= 0.3 is 6.03 Å². The van der Waals surface area contributed by atoms with E-state index >= 15 is 0 Å². The van der Waals surface area contributed by atoms with Crippen molar-refractivity contribution in [3.05, 3.63) is 0 Å². The van der Waals surface area contributed by atoms with Crippen molar-refractivity contribution in [2.24, 2.45) is 23.5 Å². The van der Waals surface area contributed by atoms with E-state index in [1.807, 2.05) is 0 Å². The Morgan fingerprint density at radius 3 is 2.17 bits per heavy atom. The molecule has 0 aromatic rings. The molecule has 0 aromatic carbocycles. The molecule has 0 spiro atoms. The first-order valence-electron chi connectivity index (χ1n) is 15.1. The van der Waals surface area contributed by atoms with Crippen molar-refractivity contribution in [2.45, 2.75) is 128 Å². The number of hydrogen-bond acceptors (Lipinski definition) is 4. The summed E-state index contributed by atoms with van der Waals surface area (Å²) >= 11 is 0. The van der Waals surface area contributed by atoms with E-state index in [4.69, 9.17) is 5.73 Å². The van der Waals surface area contributed by atoms with Gasteiger partial charge < -0.3 is 16.0 Å². The van der Waals surface area contributed by atoms with E-state index in [0.717, 1.165) is 51.4 Å². The lowest BCUT2D eigenvalue weighted by molar-refractivity contribution is -0.138. The fourth-order valence-electron chi connectivity index (χ4n) is 8.05. The number of rotatable bonds is 16. The van der Waals surface area contributed by atoms with Gasteiger partial charge in [0, 0.05) is 19.0 Å². The number of urea groups is 1. The summed E-state index contributed by atoms with van der Waals surface area (Å²) in [7, 11) is 0. The van der Waals surface area contributed by atoms with Gasteiger partial charge in [-0.1, -0.05) is 51.9 Å². The van der Waals surface area contributed by atoms with E-state index in [-0.39, 0.29) is 36.0 Å². The molecule has 5 rings (SSSR count). The van der Waals surface area contributed by atoms with Gasteiger partial charge in [0.1, 0.15) is 6.54 Å². The predicted octanol–water partition coefficient (Wildman–Crippen LogP) is 4.97. The normalized spacial score (nSPS) is 29.9. The number of hydrogen-bond donors (Lipinski definition) is 2. The molecular weight excluding hydrogens is 452 g/mol. The van der Waals surface area contributed by atoms with Crippen LogP contribution < -0.4 is 11.1 Å². The number of imide groups is 1. The Labute approximate surface area is 218 Å². The van der Waals surface area contributed by atoms with E-state index in [9.17, 15) is 14.4 Å². The average Bonchev–Trinajstić information content (AvgIpc) is 3.10. The van der Waals surface area contributed by atoms with Gasteiger partial charge in [0.15, 0.2) is 0 Å². The zero-order valence-corrected chi connectivity index (χ0v) is 22.6. The van der Waals surface area contributed by atoms with Crippen LogP contribution in [-0.2, 0) is 9.59 Å². The number of nitrogens with zero attached hydrogens (tertiary/aromatic N) is 2. The zero-order valence-electron chi connectivity index (χ0n) is 22.6. The van der Waals surface area contributed by atoms with Crippen molar-refractivity contribution < 1.29 is 14.4 Å². The Morgan fingerprint density at radius 2 is 1.56 bits per heavy atom. The zero-order chi connectivity index (χ0) is 25.5. The second kappa shape index (κ2) is 12.7. The Bertz CT molecular complexity index is 734. The molecule has 36 heavy (non-hydrogen) atoms. The Balaban J connectivity index is 1.30. The Hall–Kier alpha value is -1.63. The van der Waals surface area contributed by atoms with Gasteiger partial charge in [0.25, 0.3) is 5.91 Å². The second-order valence-electron chi connectivity index (χ2n) is 12.5. The van der Waals surface area contributed by atoms with Gasteiger partial charge in [-0.15, -0.1) is 0 Å². The highest BCUT2D eigenvalue weighted by Crippen LogP contribution is 2.58. The van der Waals surface area contributed by atoms with Crippen LogP contribution in [0.3, 0.4) is 0 Å². The number of nitrogens with one attached hydrogen (secondary N) is 1. The molecule has 1 aliphatic heterocycles. The maximum atomic E-state index is 13.6. The molecule has 1 heterocycles. The fourth-order valence-corrected chi connectivity index (χ4v) is 8.05. The van der Waals surface area contributed by atoms with Crippen LogP contribution in [0.5, 0.6) is 0 Å². The number of unbranched alkanes of at least 4 members (excludes halogenated alkanes) is 7. The molecule has 5 aliphatic rings. The highest BCUT2D eigenvalue weighted by atomic mass is 16.2. The number of carbonyl (C=O) groups excluding carboxylic acids is 3. The summed E-state index contributed by atoms with van der Waals surface area (Å²) in [6.45, 7) is 3.42. The molecule has 7 heteroatoms. The second-order valence-corrected chi connectivity index (χ2v) is 12.5. The Kier molecular flexibility index (Phi) is 9.71. The smallest absolute Gasteiger partial charge is 0.327 e. The van der Waals surface area contributed by atoms with Gasteiger partial charge in [-0.05, 0) is 82.1 Å². The van der Waals surface area contributed by atoms with Crippen molar-refractivity contribution in [3.8, 4) is 0 Å². The van der Waals surface area contributed by atoms with E-state index in [0.29, 0.717) is 37.3 Å². The molecule has 0 radical (unpaired) electrons. The lowest BCUT2D eigenvalue weighted by Crippen LogP contribution is -2.62. The maximum Gasteiger partial charge on any atom is 0.327 e. The molecule has 1 saturated heterocycles. The third-order valence-electron chi connectivity index (χ3n) is 9.34. The van der Waals surface area contributed by atoms with Crippen LogP contribution >= 0.6 is 0 Å². The maximum absolute atomic E-state index is 13.6. The fraction of sp³-hybridized carbons (Fsp3) is 0.897. The minimum atomic E-state index is -0.243. The van der Waals surface area contributed by atoms with Gasteiger partial charge in [-0.3, -0.25) is 14.5 Å². The molecule has 7 nitrogen and oxygen atoms in total. The van der Waals surface area contributed by atoms with Crippen LogP contribution in [-0.4, -0.2) is 58.9 Å². The molecule has 3 N–H and O–H groups in total. The van der Waals surface area contributed by atoms with Crippen LogP contribution in [0, 0.1) is 17.8 Å². The van der Waals surface area contributed by atoms with Crippen molar-refractivity contribution in [3.63, 3.8) is 0 Å². The third-order valence-corrected chi connectivity index (χ3v) is 9.34. The van der Waals surface area contributed by atoms with Crippen LogP contribution in [0.25, 0.3) is 0 Å². The average molecular weight is 503 g/mol. The van der Waals surface area contributed by atoms with Gasteiger partial charge in [-0.2, -0.15) is 0 Å². The van der Waals surface area contributed by atoms with Crippen molar-refractivity contribution in [2.75, 3.05) is 19.6 Å². The summed E-state index contributed by atoms with van der Waals surface area (Å²) in [4.78, 5) is 42.9. The van der Waals surface area contributed by atoms with E-state index in [2.05, 4.69) is 12.2 Å². The number of amides is 4. The largest absolute Gasteiger partial charge is 0.352 e.